The van der Waals surface area contributed by atoms with Gasteiger partial charge in [0.25, 0.3) is 0 Å². The number of ketones is 1. The molecule has 0 N–H and O–H groups in total. The number of piperidine rings is 1. The zero-order valence-corrected chi connectivity index (χ0v) is 18.9. The van der Waals surface area contributed by atoms with E-state index in [0.717, 1.165) is 59.4 Å². The van der Waals surface area contributed by atoms with Crippen LogP contribution in [0.2, 0.25) is 0 Å². The summed E-state index contributed by atoms with van der Waals surface area (Å²) in [6.07, 6.45) is 9.75. The second-order valence-electron chi connectivity index (χ2n) is 8.74. The summed E-state index contributed by atoms with van der Waals surface area (Å²) >= 11 is 0. The smallest absolute Gasteiger partial charge is 0.168 e. The van der Waals surface area contributed by atoms with Crippen LogP contribution in [0.5, 0.6) is 5.75 Å². The van der Waals surface area contributed by atoms with E-state index >= 15 is 0 Å². The molecule has 33 heavy (non-hydrogen) atoms. The summed E-state index contributed by atoms with van der Waals surface area (Å²) < 4.78 is 7.90. The number of Topliss-reactive ketones (excluding diaryl/α,β-unsaturated/α-hetero) is 1. The van der Waals surface area contributed by atoms with Gasteiger partial charge >= 0.3 is 0 Å². The van der Waals surface area contributed by atoms with E-state index in [1.165, 1.54) is 0 Å². The van der Waals surface area contributed by atoms with Gasteiger partial charge in [-0.2, -0.15) is 5.10 Å². The quantitative estimate of drug-likeness (QED) is 0.422. The Morgan fingerprint density at radius 1 is 1.03 bits per heavy atom. The highest BCUT2D eigenvalue weighted by Gasteiger charge is 2.18. The SMILES string of the molecule is CN1CCC(Oc2cccc(C(=O)Cc3cc4cc(-c5cnn(C)c5)ncc4cn3)c2)CC1. The molecule has 0 radical (unpaired) electrons. The lowest BCUT2D eigenvalue weighted by Crippen LogP contribution is -2.35. The van der Waals surface area contributed by atoms with Crippen molar-refractivity contribution in [1.29, 1.82) is 0 Å². The lowest BCUT2D eigenvalue weighted by atomic mass is 10.0. The van der Waals surface area contributed by atoms with Crippen LogP contribution in [0.25, 0.3) is 22.0 Å². The number of benzene rings is 1. The summed E-state index contributed by atoms with van der Waals surface area (Å²) in [6, 6.07) is 11.5. The molecular formula is C26H27N5O2. The molecule has 1 aliphatic rings. The summed E-state index contributed by atoms with van der Waals surface area (Å²) in [5.74, 6) is 0.784. The Morgan fingerprint density at radius 3 is 2.64 bits per heavy atom. The van der Waals surface area contributed by atoms with Gasteiger partial charge < -0.3 is 9.64 Å². The average molecular weight is 442 g/mol. The molecular weight excluding hydrogens is 414 g/mol. The molecule has 1 fully saturated rings. The molecule has 3 aromatic heterocycles. The molecule has 4 heterocycles. The first-order valence-corrected chi connectivity index (χ1v) is 11.3. The van der Waals surface area contributed by atoms with Crippen LogP contribution in [0.4, 0.5) is 0 Å². The first-order valence-electron chi connectivity index (χ1n) is 11.3. The van der Waals surface area contributed by atoms with Crippen molar-refractivity contribution in [3.8, 4) is 17.0 Å². The molecule has 0 saturated carbocycles. The van der Waals surface area contributed by atoms with Gasteiger partial charge in [0.2, 0.25) is 0 Å². The first-order chi connectivity index (χ1) is 16.0. The van der Waals surface area contributed by atoms with E-state index in [2.05, 4.69) is 27.0 Å². The van der Waals surface area contributed by atoms with Crippen LogP contribution in [0.15, 0.2) is 61.2 Å². The molecule has 7 heteroatoms. The fraction of sp³-hybridized carbons (Fsp3) is 0.308. The van der Waals surface area contributed by atoms with Gasteiger partial charge in [-0.05, 0) is 49.5 Å². The monoisotopic (exact) mass is 441 g/mol. The van der Waals surface area contributed by atoms with Gasteiger partial charge in [0.1, 0.15) is 11.9 Å². The molecule has 0 aliphatic carbocycles. The molecule has 168 valence electrons. The molecule has 0 unspecified atom stereocenters. The van der Waals surface area contributed by atoms with Crippen LogP contribution >= 0.6 is 0 Å². The highest BCUT2D eigenvalue weighted by Crippen LogP contribution is 2.23. The summed E-state index contributed by atoms with van der Waals surface area (Å²) in [6.45, 7) is 2.07. The van der Waals surface area contributed by atoms with E-state index in [9.17, 15) is 4.79 Å². The van der Waals surface area contributed by atoms with E-state index in [-0.39, 0.29) is 18.3 Å². The second kappa shape index (κ2) is 9.11. The number of aromatic nitrogens is 4. The van der Waals surface area contributed by atoms with E-state index in [1.54, 1.807) is 23.3 Å². The zero-order chi connectivity index (χ0) is 22.8. The number of aryl methyl sites for hydroxylation is 1. The predicted octanol–water partition coefficient (Wildman–Crippen LogP) is 3.93. The van der Waals surface area contributed by atoms with Gasteiger partial charge in [0.15, 0.2) is 5.78 Å². The van der Waals surface area contributed by atoms with E-state index in [0.29, 0.717) is 5.56 Å². The number of fused-ring (bicyclic) bond motifs is 1. The Hall–Kier alpha value is -3.58. The maximum Gasteiger partial charge on any atom is 0.168 e. The molecule has 0 spiro atoms. The van der Waals surface area contributed by atoms with Crippen molar-refractivity contribution in [3.05, 3.63) is 72.4 Å². The largest absolute Gasteiger partial charge is 0.490 e. The zero-order valence-electron chi connectivity index (χ0n) is 18.9. The van der Waals surface area contributed by atoms with Crippen LogP contribution in [0, 0.1) is 0 Å². The van der Waals surface area contributed by atoms with Crippen molar-refractivity contribution in [2.75, 3.05) is 20.1 Å². The maximum absolute atomic E-state index is 13.0. The molecule has 0 bridgehead atoms. The molecule has 4 aromatic rings. The number of carbonyl (C=O) groups excluding carboxylic acids is 1. The number of pyridine rings is 2. The van der Waals surface area contributed by atoms with Crippen LogP contribution in [-0.4, -0.2) is 56.7 Å². The van der Waals surface area contributed by atoms with Crippen molar-refractivity contribution in [3.63, 3.8) is 0 Å². The number of carbonyl (C=O) groups is 1. The number of hydrogen-bond acceptors (Lipinski definition) is 6. The molecule has 1 saturated heterocycles. The minimum absolute atomic E-state index is 0.0252. The lowest BCUT2D eigenvalue weighted by Gasteiger charge is -2.29. The molecule has 5 rings (SSSR count). The van der Waals surface area contributed by atoms with Crippen LogP contribution in [-0.2, 0) is 13.5 Å². The number of nitrogens with zero attached hydrogens (tertiary/aromatic N) is 5. The number of ether oxygens (including phenoxy) is 1. The van der Waals surface area contributed by atoms with Crippen molar-refractivity contribution in [1.82, 2.24) is 24.6 Å². The Morgan fingerprint density at radius 2 is 1.85 bits per heavy atom. The van der Waals surface area contributed by atoms with Gasteiger partial charge in [-0.3, -0.25) is 19.4 Å². The average Bonchev–Trinajstić information content (AvgIpc) is 3.26. The van der Waals surface area contributed by atoms with Crippen molar-refractivity contribution in [2.45, 2.75) is 25.4 Å². The third-order valence-electron chi connectivity index (χ3n) is 6.13. The fourth-order valence-electron chi connectivity index (χ4n) is 4.20. The Labute approximate surface area is 193 Å². The van der Waals surface area contributed by atoms with Gasteiger partial charge in [0.05, 0.1) is 18.3 Å². The van der Waals surface area contributed by atoms with Crippen molar-refractivity contribution >= 4 is 16.6 Å². The molecule has 1 aromatic carbocycles. The second-order valence-corrected chi connectivity index (χ2v) is 8.74. The molecule has 0 amide bonds. The van der Waals surface area contributed by atoms with Gasteiger partial charge in [-0.25, -0.2) is 0 Å². The number of rotatable bonds is 6. The minimum atomic E-state index is 0.0252. The Kier molecular flexibility index (Phi) is 5.88. The van der Waals surface area contributed by atoms with E-state index < -0.39 is 0 Å². The third-order valence-corrected chi connectivity index (χ3v) is 6.13. The topological polar surface area (TPSA) is 73.1 Å². The normalized spacial score (nSPS) is 15.1. The highest BCUT2D eigenvalue weighted by atomic mass is 16.5. The molecule has 1 aliphatic heterocycles. The van der Waals surface area contributed by atoms with Gasteiger partial charge in [-0.15, -0.1) is 0 Å². The van der Waals surface area contributed by atoms with Crippen LogP contribution < -0.4 is 4.74 Å². The molecule has 0 atom stereocenters. The fourth-order valence-corrected chi connectivity index (χ4v) is 4.20. The standard InChI is InChI=1S/C26H27N5O2/c1-30-8-6-23(7-9-30)33-24-5-3-4-18(11-24)26(32)13-22-10-19-12-25(21-16-29-31(2)17-21)28-15-20(19)14-27-22/h3-5,10-12,14-17,23H,6-9,13H2,1-2H3. The van der Waals surface area contributed by atoms with Gasteiger partial charge in [0, 0.05) is 60.9 Å². The maximum atomic E-state index is 13.0. The van der Waals surface area contributed by atoms with Crippen molar-refractivity contribution < 1.29 is 9.53 Å². The van der Waals surface area contributed by atoms with E-state index in [4.69, 9.17) is 4.74 Å². The van der Waals surface area contributed by atoms with Crippen LogP contribution in [0.1, 0.15) is 28.9 Å². The number of hydrogen-bond donors (Lipinski definition) is 0. The minimum Gasteiger partial charge on any atom is -0.490 e. The summed E-state index contributed by atoms with van der Waals surface area (Å²) in [7, 11) is 4.01. The van der Waals surface area contributed by atoms with Gasteiger partial charge in [-0.1, -0.05) is 12.1 Å². The third kappa shape index (κ3) is 4.93. The summed E-state index contributed by atoms with van der Waals surface area (Å²) in [5.41, 5.74) is 3.18. The summed E-state index contributed by atoms with van der Waals surface area (Å²) in [5, 5.41) is 6.16. The van der Waals surface area contributed by atoms with Crippen molar-refractivity contribution in [2.24, 2.45) is 7.05 Å². The first kappa shape index (κ1) is 21.3. The Bertz CT molecular complexity index is 1290. The Balaban J connectivity index is 1.31. The molecule has 7 nitrogen and oxygen atoms in total. The number of likely N-dealkylation sites (tertiary alicyclic amines) is 1. The van der Waals surface area contributed by atoms with E-state index in [1.807, 2.05) is 49.6 Å². The summed E-state index contributed by atoms with van der Waals surface area (Å²) in [4.78, 5) is 24.3. The lowest BCUT2D eigenvalue weighted by molar-refractivity contribution is 0.0988. The van der Waals surface area contributed by atoms with Crippen LogP contribution in [0.3, 0.4) is 0 Å². The highest BCUT2D eigenvalue weighted by molar-refractivity contribution is 5.98. The predicted molar refractivity (Wildman–Crippen MR) is 127 cm³/mol.